The average Bonchev–Trinajstić information content (AvgIpc) is 1.88. The second-order valence-electron chi connectivity index (χ2n) is 2.70. The molecule has 0 unspecified atom stereocenters. The minimum atomic E-state index is 0.225. The van der Waals surface area contributed by atoms with Crippen molar-refractivity contribution in [2.24, 2.45) is 5.92 Å². The molecule has 0 bridgehead atoms. The van der Waals surface area contributed by atoms with E-state index in [4.69, 9.17) is 11.6 Å². The number of ketones is 1. The molecule has 0 saturated heterocycles. The molecule has 0 saturated carbocycles. The number of halogens is 1. The van der Waals surface area contributed by atoms with Gasteiger partial charge in [0.1, 0.15) is 5.78 Å². The number of unbranched alkanes of at least 4 members (excludes halogenated alkanes) is 1. The van der Waals surface area contributed by atoms with Crippen LogP contribution in [0.3, 0.4) is 0 Å². The first-order chi connectivity index (χ1) is 4.68. The number of carbonyl (C=O) groups is 1. The molecule has 0 aromatic heterocycles. The predicted octanol–water partition coefficient (Wildman–Crippen LogP) is 2.62. The van der Waals surface area contributed by atoms with E-state index >= 15 is 0 Å². The maximum atomic E-state index is 10.7. The summed E-state index contributed by atoms with van der Waals surface area (Å²) in [6.45, 7) is 3.61. The number of carbonyl (C=O) groups excluding carboxylic acids is 1. The van der Waals surface area contributed by atoms with Crippen LogP contribution in [0.4, 0.5) is 0 Å². The lowest BCUT2D eigenvalue weighted by atomic mass is 10.0. The maximum absolute atomic E-state index is 10.7. The molecule has 1 atom stereocenters. The van der Waals surface area contributed by atoms with Gasteiger partial charge in [-0.2, -0.15) is 0 Å². The van der Waals surface area contributed by atoms with E-state index in [1.807, 2.05) is 6.92 Å². The first-order valence-corrected chi connectivity index (χ1v) is 4.28. The van der Waals surface area contributed by atoms with Crippen LogP contribution in [0.25, 0.3) is 0 Å². The zero-order chi connectivity index (χ0) is 7.98. The normalized spacial score (nSPS) is 13.1. The highest BCUT2D eigenvalue weighted by atomic mass is 35.5. The second-order valence-corrected chi connectivity index (χ2v) is 3.07. The van der Waals surface area contributed by atoms with Crippen molar-refractivity contribution in [3.05, 3.63) is 0 Å². The molecule has 0 N–H and O–H groups in total. The van der Waals surface area contributed by atoms with Crippen LogP contribution in [0, 0.1) is 5.92 Å². The fraction of sp³-hybridized carbons (Fsp3) is 0.875. The number of Topliss-reactive ketones (excluding diaryl/α,β-unsaturated/α-hetero) is 1. The van der Waals surface area contributed by atoms with Crippen LogP contribution in [0.15, 0.2) is 0 Å². The van der Waals surface area contributed by atoms with Gasteiger partial charge in [0.05, 0.1) is 0 Å². The van der Waals surface area contributed by atoms with E-state index < -0.39 is 0 Å². The Morgan fingerprint density at radius 3 is 2.50 bits per heavy atom. The molecular formula is C8H15ClO. The fourth-order valence-electron chi connectivity index (χ4n) is 0.748. The van der Waals surface area contributed by atoms with Crippen LogP contribution >= 0.6 is 11.6 Å². The lowest BCUT2D eigenvalue weighted by Crippen LogP contribution is -2.05. The van der Waals surface area contributed by atoms with Crippen molar-refractivity contribution < 1.29 is 4.79 Å². The average molecular weight is 163 g/mol. The standard InChI is InChI=1S/C8H15ClO/c1-7(8(2)10)5-3-4-6-9/h7H,3-6H2,1-2H3/t7-/m0/s1. The molecule has 0 radical (unpaired) electrons. The van der Waals surface area contributed by atoms with Crippen molar-refractivity contribution in [3.8, 4) is 0 Å². The second kappa shape index (κ2) is 5.72. The molecule has 0 heterocycles. The van der Waals surface area contributed by atoms with Crippen LogP contribution in [-0.4, -0.2) is 11.7 Å². The first kappa shape index (κ1) is 9.96. The lowest BCUT2D eigenvalue weighted by Gasteiger charge is -2.04. The Balaban J connectivity index is 3.21. The van der Waals surface area contributed by atoms with Gasteiger partial charge in [-0.25, -0.2) is 0 Å². The monoisotopic (exact) mass is 162 g/mol. The molecule has 10 heavy (non-hydrogen) atoms. The third-order valence-electron chi connectivity index (χ3n) is 1.71. The van der Waals surface area contributed by atoms with Gasteiger partial charge in [-0.15, -0.1) is 11.6 Å². The van der Waals surface area contributed by atoms with E-state index in [0.717, 1.165) is 19.3 Å². The predicted molar refractivity (Wildman–Crippen MR) is 44.4 cm³/mol. The number of alkyl halides is 1. The maximum Gasteiger partial charge on any atom is 0.132 e. The van der Waals surface area contributed by atoms with Gasteiger partial charge in [0, 0.05) is 11.8 Å². The van der Waals surface area contributed by atoms with Gasteiger partial charge in [0.15, 0.2) is 0 Å². The summed E-state index contributed by atoms with van der Waals surface area (Å²) in [7, 11) is 0. The molecule has 0 aromatic rings. The Morgan fingerprint density at radius 1 is 1.50 bits per heavy atom. The summed E-state index contributed by atoms with van der Waals surface area (Å²) >= 11 is 5.48. The summed E-state index contributed by atoms with van der Waals surface area (Å²) in [4.78, 5) is 10.7. The SMILES string of the molecule is CC(=O)[C@@H](C)CCCCCl. The molecule has 0 fully saturated rings. The van der Waals surface area contributed by atoms with Crippen LogP contribution in [-0.2, 0) is 4.79 Å². The van der Waals surface area contributed by atoms with Gasteiger partial charge < -0.3 is 0 Å². The first-order valence-electron chi connectivity index (χ1n) is 3.75. The largest absolute Gasteiger partial charge is 0.300 e. The molecule has 0 aromatic carbocycles. The van der Waals surface area contributed by atoms with Crippen LogP contribution < -0.4 is 0 Å². The van der Waals surface area contributed by atoms with Gasteiger partial charge in [-0.05, 0) is 19.8 Å². The zero-order valence-electron chi connectivity index (χ0n) is 6.69. The number of hydrogen-bond donors (Lipinski definition) is 0. The molecule has 0 aliphatic carbocycles. The van der Waals surface area contributed by atoms with E-state index in [-0.39, 0.29) is 11.7 Å². The molecule has 0 aliphatic heterocycles. The van der Waals surface area contributed by atoms with Gasteiger partial charge in [0.25, 0.3) is 0 Å². The summed E-state index contributed by atoms with van der Waals surface area (Å²) in [6.07, 6.45) is 3.09. The van der Waals surface area contributed by atoms with E-state index in [1.54, 1.807) is 6.92 Å². The number of rotatable bonds is 5. The third-order valence-corrected chi connectivity index (χ3v) is 1.98. The number of hydrogen-bond acceptors (Lipinski definition) is 1. The van der Waals surface area contributed by atoms with Gasteiger partial charge in [-0.3, -0.25) is 4.79 Å². The Kier molecular flexibility index (Phi) is 5.70. The van der Waals surface area contributed by atoms with Crippen molar-refractivity contribution in [3.63, 3.8) is 0 Å². The highest BCUT2D eigenvalue weighted by Gasteiger charge is 2.05. The van der Waals surface area contributed by atoms with Crippen LogP contribution in [0.5, 0.6) is 0 Å². The van der Waals surface area contributed by atoms with Crippen molar-refractivity contribution in [2.75, 3.05) is 5.88 Å². The summed E-state index contributed by atoms with van der Waals surface area (Å²) in [5.74, 6) is 1.22. The zero-order valence-corrected chi connectivity index (χ0v) is 7.45. The molecule has 0 aliphatic rings. The summed E-state index contributed by atoms with van der Waals surface area (Å²) in [5, 5.41) is 0. The summed E-state index contributed by atoms with van der Waals surface area (Å²) < 4.78 is 0. The van der Waals surface area contributed by atoms with Gasteiger partial charge >= 0.3 is 0 Å². The van der Waals surface area contributed by atoms with Gasteiger partial charge in [-0.1, -0.05) is 13.3 Å². The Bertz CT molecular complexity index is 101. The van der Waals surface area contributed by atoms with Crippen molar-refractivity contribution in [2.45, 2.75) is 33.1 Å². The topological polar surface area (TPSA) is 17.1 Å². The van der Waals surface area contributed by atoms with E-state index in [9.17, 15) is 4.79 Å². The van der Waals surface area contributed by atoms with Crippen LogP contribution in [0.2, 0.25) is 0 Å². The highest BCUT2D eigenvalue weighted by Crippen LogP contribution is 2.08. The highest BCUT2D eigenvalue weighted by molar-refractivity contribution is 6.17. The molecule has 0 spiro atoms. The Labute approximate surface area is 67.8 Å². The minimum Gasteiger partial charge on any atom is -0.300 e. The molecule has 0 amide bonds. The van der Waals surface area contributed by atoms with Gasteiger partial charge in [0.2, 0.25) is 0 Å². The van der Waals surface area contributed by atoms with Crippen LogP contribution in [0.1, 0.15) is 33.1 Å². The molecular weight excluding hydrogens is 148 g/mol. The van der Waals surface area contributed by atoms with Crippen molar-refractivity contribution >= 4 is 17.4 Å². The van der Waals surface area contributed by atoms with E-state index in [1.165, 1.54) is 0 Å². The molecule has 60 valence electrons. The molecule has 2 heteroatoms. The van der Waals surface area contributed by atoms with E-state index in [0.29, 0.717) is 5.88 Å². The van der Waals surface area contributed by atoms with E-state index in [2.05, 4.69) is 0 Å². The molecule has 1 nitrogen and oxygen atoms in total. The molecule has 0 rings (SSSR count). The summed E-state index contributed by atoms with van der Waals surface area (Å²) in [6, 6.07) is 0. The lowest BCUT2D eigenvalue weighted by molar-refractivity contribution is -0.120. The Morgan fingerprint density at radius 2 is 2.10 bits per heavy atom. The smallest absolute Gasteiger partial charge is 0.132 e. The Hall–Kier alpha value is -0.0400. The quantitative estimate of drug-likeness (QED) is 0.449. The fourth-order valence-corrected chi connectivity index (χ4v) is 0.937. The van der Waals surface area contributed by atoms with Crippen molar-refractivity contribution in [1.82, 2.24) is 0 Å². The third kappa shape index (κ3) is 4.80. The minimum absolute atomic E-state index is 0.225. The summed E-state index contributed by atoms with van der Waals surface area (Å²) in [5.41, 5.74) is 0. The van der Waals surface area contributed by atoms with Crippen molar-refractivity contribution in [1.29, 1.82) is 0 Å².